The van der Waals surface area contributed by atoms with E-state index in [0.717, 1.165) is 17.1 Å². The molecule has 0 fully saturated rings. The highest BCUT2D eigenvalue weighted by molar-refractivity contribution is 6.10. The molecule has 0 atom stereocenters. The Morgan fingerprint density at radius 1 is 0.369 bits per heavy atom. The van der Waals surface area contributed by atoms with Gasteiger partial charge in [0.05, 0.1) is 10.9 Å². The number of anilines is 3. The van der Waals surface area contributed by atoms with E-state index in [1.807, 2.05) is 0 Å². The average Bonchev–Trinajstić information content (AvgIpc) is 3.86. The van der Waals surface area contributed by atoms with Gasteiger partial charge >= 0.3 is 0 Å². The van der Waals surface area contributed by atoms with Crippen molar-refractivity contribution >= 4 is 49.6 Å². The van der Waals surface area contributed by atoms with E-state index in [0.29, 0.717) is 0 Å². The van der Waals surface area contributed by atoms with Crippen LogP contribution in [0.4, 0.5) is 17.1 Å². The SMILES string of the molecule is CC(C)(C)n1c2ccccc2c2ccc(N(c3ccc4c(c3)-c3c(-c5ccccc5)cccc3C4(c3ccccc3)c3ccccc3)c3cc(-c4ccccc4)c4ccccc4c3)cc21. The molecule has 0 saturated carbocycles. The summed E-state index contributed by atoms with van der Waals surface area (Å²) in [7, 11) is 0. The van der Waals surface area contributed by atoms with Crippen LogP contribution in [0.2, 0.25) is 0 Å². The molecule has 310 valence electrons. The maximum absolute atomic E-state index is 2.52. The maximum Gasteiger partial charge on any atom is 0.0713 e. The minimum atomic E-state index is -0.544. The lowest BCUT2D eigenvalue weighted by molar-refractivity contribution is 0.423. The van der Waals surface area contributed by atoms with Crippen LogP contribution in [0.5, 0.6) is 0 Å². The monoisotopic (exact) mass is 832 g/mol. The summed E-state index contributed by atoms with van der Waals surface area (Å²) in [6.45, 7) is 6.94. The number of fused-ring (bicyclic) bond motifs is 7. The van der Waals surface area contributed by atoms with Crippen LogP contribution in [0, 0.1) is 0 Å². The standard InChI is InChI=1S/C63H48N2/c1-62(2,3)65-59-34-19-18-31-53(59)54-37-35-49(42-60(54)65)64(50-39-45-25-16-17-30-51(45)55(41-50)44-23-10-5-11-24-44)48-36-38-57-56(40-48)61-52(43-21-8-4-9-22-43)32-20-33-58(61)63(57,46-26-12-6-13-27-46)47-28-14-7-15-29-47/h4-42H,1-3H3. The Kier molecular flexibility index (Phi) is 9.00. The summed E-state index contributed by atoms with van der Waals surface area (Å²) in [5.74, 6) is 0. The molecule has 0 saturated heterocycles. The predicted octanol–water partition coefficient (Wildman–Crippen LogP) is 16.9. The van der Waals surface area contributed by atoms with Crippen molar-refractivity contribution in [3.63, 3.8) is 0 Å². The first-order chi connectivity index (χ1) is 31.9. The van der Waals surface area contributed by atoms with Gasteiger partial charge in [0.15, 0.2) is 0 Å². The van der Waals surface area contributed by atoms with Gasteiger partial charge in [-0.05, 0) is 130 Å². The second-order valence-electron chi connectivity index (χ2n) is 18.4. The van der Waals surface area contributed by atoms with Crippen molar-refractivity contribution in [1.29, 1.82) is 0 Å². The Labute approximate surface area is 381 Å². The fraction of sp³-hybridized carbons (Fsp3) is 0.0794. The molecule has 1 aromatic heterocycles. The van der Waals surface area contributed by atoms with E-state index < -0.39 is 5.41 Å². The van der Waals surface area contributed by atoms with Gasteiger partial charge < -0.3 is 9.47 Å². The van der Waals surface area contributed by atoms with Crippen molar-refractivity contribution in [3.8, 4) is 33.4 Å². The van der Waals surface area contributed by atoms with E-state index >= 15 is 0 Å². The summed E-state index contributed by atoms with van der Waals surface area (Å²) in [5.41, 5.74) is 17.5. The second kappa shape index (κ2) is 15.1. The molecule has 1 aliphatic rings. The zero-order valence-electron chi connectivity index (χ0n) is 36.9. The minimum absolute atomic E-state index is 0.155. The van der Waals surface area contributed by atoms with Crippen molar-refractivity contribution in [1.82, 2.24) is 4.57 Å². The molecular formula is C63H48N2. The Balaban J connectivity index is 1.19. The molecule has 12 rings (SSSR count). The van der Waals surface area contributed by atoms with Crippen molar-refractivity contribution in [2.75, 3.05) is 4.90 Å². The Bertz CT molecular complexity index is 3520. The van der Waals surface area contributed by atoms with Gasteiger partial charge in [-0.2, -0.15) is 0 Å². The van der Waals surface area contributed by atoms with Crippen LogP contribution in [0.15, 0.2) is 237 Å². The third-order valence-electron chi connectivity index (χ3n) is 13.7. The van der Waals surface area contributed by atoms with Crippen LogP contribution >= 0.6 is 0 Å². The Morgan fingerprint density at radius 3 is 1.58 bits per heavy atom. The Hall–Kier alpha value is -7.94. The highest BCUT2D eigenvalue weighted by atomic mass is 15.1. The van der Waals surface area contributed by atoms with Crippen molar-refractivity contribution in [2.45, 2.75) is 31.7 Å². The fourth-order valence-electron chi connectivity index (χ4n) is 11.1. The van der Waals surface area contributed by atoms with E-state index in [4.69, 9.17) is 0 Å². The number of hydrogen-bond donors (Lipinski definition) is 0. The molecule has 65 heavy (non-hydrogen) atoms. The number of hydrogen-bond acceptors (Lipinski definition) is 1. The van der Waals surface area contributed by atoms with Gasteiger partial charge in [-0.15, -0.1) is 0 Å². The van der Waals surface area contributed by atoms with Gasteiger partial charge in [-0.25, -0.2) is 0 Å². The molecular weight excluding hydrogens is 785 g/mol. The first-order valence-corrected chi connectivity index (χ1v) is 22.8. The van der Waals surface area contributed by atoms with Crippen LogP contribution in [-0.2, 0) is 11.0 Å². The predicted molar refractivity (Wildman–Crippen MR) is 275 cm³/mol. The molecule has 0 amide bonds. The molecule has 1 aliphatic carbocycles. The van der Waals surface area contributed by atoms with Crippen molar-refractivity contribution in [3.05, 3.63) is 259 Å². The highest BCUT2D eigenvalue weighted by Crippen LogP contribution is 2.59. The largest absolute Gasteiger partial charge is 0.335 e. The van der Waals surface area contributed by atoms with Crippen LogP contribution in [0.25, 0.3) is 66.0 Å². The number of para-hydroxylation sites is 1. The van der Waals surface area contributed by atoms with Gasteiger partial charge in [0.1, 0.15) is 0 Å². The lowest BCUT2D eigenvalue weighted by Crippen LogP contribution is -2.28. The molecule has 1 heterocycles. The van der Waals surface area contributed by atoms with Crippen LogP contribution < -0.4 is 4.90 Å². The van der Waals surface area contributed by atoms with Gasteiger partial charge in [-0.3, -0.25) is 0 Å². The summed E-state index contributed by atoms with van der Waals surface area (Å²) >= 11 is 0. The zero-order chi connectivity index (χ0) is 43.7. The smallest absolute Gasteiger partial charge is 0.0713 e. The third kappa shape index (κ3) is 6.09. The molecule has 2 heteroatoms. The van der Waals surface area contributed by atoms with Gasteiger partial charge in [0.25, 0.3) is 0 Å². The summed E-state index contributed by atoms with van der Waals surface area (Å²) in [6.07, 6.45) is 0. The molecule has 0 aliphatic heterocycles. The molecule has 10 aromatic carbocycles. The minimum Gasteiger partial charge on any atom is -0.335 e. The fourth-order valence-corrected chi connectivity index (χ4v) is 11.1. The lowest BCUT2D eigenvalue weighted by atomic mass is 9.67. The summed E-state index contributed by atoms with van der Waals surface area (Å²) in [4.78, 5) is 2.50. The number of nitrogens with zero attached hydrogens (tertiary/aromatic N) is 2. The summed E-state index contributed by atoms with van der Waals surface area (Å²) in [6, 6.07) is 87.7. The van der Waals surface area contributed by atoms with E-state index in [1.54, 1.807) is 0 Å². The molecule has 0 bridgehead atoms. The number of benzene rings is 10. The zero-order valence-corrected chi connectivity index (χ0v) is 36.9. The molecule has 0 spiro atoms. The normalized spacial score (nSPS) is 13.0. The quantitative estimate of drug-likeness (QED) is 0.155. The van der Waals surface area contributed by atoms with Crippen molar-refractivity contribution < 1.29 is 0 Å². The van der Waals surface area contributed by atoms with Crippen molar-refractivity contribution in [2.24, 2.45) is 0 Å². The van der Waals surface area contributed by atoms with Crippen LogP contribution in [-0.4, -0.2) is 4.57 Å². The lowest BCUT2D eigenvalue weighted by Gasteiger charge is -2.34. The molecule has 0 N–H and O–H groups in total. The first-order valence-electron chi connectivity index (χ1n) is 22.8. The topological polar surface area (TPSA) is 8.17 Å². The Morgan fingerprint density at radius 2 is 0.908 bits per heavy atom. The summed E-state index contributed by atoms with van der Waals surface area (Å²) in [5, 5.41) is 4.96. The van der Waals surface area contributed by atoms with Crippen LogP contribution in [0.3, 0.4) is 0 Å². The first kappa shape index (κ1) is 38.7. The second-order valence-corrected chi connectivity index (χ2v) is 18.4. The third-order valence-corrected chi connectivity index (χ3v) is 13.7. The molecule has 2 nitrogen and oxygen atoms in total. The average molecular weight is 833 g/mol. The van der Waals surface area contributed by atoms with E-state index in [-0.39, 0.29) is 5.54 Å². The summed E-state index contributed by atoms with van der Waals surface area (Å²) < 4.78 is 2.52. The van der Waals surface area contributed by atoms with Gasteiger partial charge in [-0.1, -0.05) is 194 Å². The molecule has 0 unspecified atom stereocenters. The number of aromatic nitrogens is 1. The van der Waals surface area contributed by atoms with Crippen LogP contribution in [0.1, 0.15) is 43.0 Å². The van der Waals surface area contributed by atoms with E-state index in [1.165, 1.54) is 88.2 Å². The molecule has 0 radical (unpaired) electrons. The highest BCUT2D eigenvalue weighted by Gasteiger charge is 2.47. The number of rotatable bonds is 7. The molecule has 11 aromatic rings. The maximum atomic E-state index is 2.52. The van der Waals surface area contributed by atoms with E-state index in [9.17, 15) is 0 Å². The van der Waals surface area contributed by atoms with E-state index in [2.05, 4.69) is 267 Å². The van der Waals surface area contributed by atoms with Gasteiger partial charge in [0, 0.05) is 38.9 Å². The van der Waals surface area contributed by atoms with Gasteiger partial charge in [0.2, 0.25) is 0 Å².